The first kappa shape index (κ1) is 10.2. The van der Waals surface area contributed by atoms with Crippen molar-refractivity contribution in [1.29, 1.82) is 0 Å². The minimum Gasteiger partial charge on any atom is -0.508 e. The van der Waals surface area contributed by atoms with E-state index in [0.29, 0.717) is 5.69 Å². The first-order chi connectivity index (χ1) is 7.74. The van der Waals surface area contributed by atoms with Gasteiger partial charge in [0.2, 0.25) is 0 Å². The lowest BCUT2D eigenvalue weighted by Crippen LogP contribution is -1.78. The van der Waals surface area contributed by atoms with Gasteiger partial charge in [-0.1, -0.05) is 18.2 Å². The van der Waals surface area contributed by atoms with Gasteiger partial charge in [-0.3, -0.25) is 4.99 Å². The molecule has 0 unspecified atom stereocenters. The number of rotatable bonds is 2. The lowest BCUT2D eigenvalue weighted by atomic mass is 10.2. The van der Waals surface area contributed by atoms with Crippen LogP contribution < -0.4 is 0 Å². The van der Waals surface area contributed by atoms with Crippen LogP contribution in [0.15, 0.2) is 53.5 Å². The van der Waals surface area contributed by atoms with Crippen LogP contribution in [-0.4, -0.2) is 16.4 Å². The molecule has 0 aliphatic rings. The summed E-state index contributed by atoms with van der Waals surface area (Å²) in [6.45, 7) is 0. The van der Waals surface area contributed by atoms with Crippen molar-refractivity contribution in [2.75, 3.05) is 0 Å². The predicted molar refractivity (Wildman–Crippen MR) is 63.5 cm³/mol. The van der Waals surface area contributed by atoms with Gasteiger partial charge >= 0.3 is 0 Å². The molecule has 0 aliphatic carbocycles. The maximum absolute atomic E-state index is 9.25. The van der Waals surface area contributed by atoms with Crippen molar-refractivity contribution in [1.82, 2.24) is 0 Å². The second-order valence-electron chi connectivity index (χ2n) is 3.37. The first-order valence-electron chi connectivity index (χ1n) is 4.86. The standard InChI is InChI=1S/C13H11NO2/c15-12-5-1-3-10(7-12)9-14-11-4-2-6-13(16)8-11/h1-9,15-16H. The highest BCUT2D eigenvalue weighted by Gasteiger charge is 1.92. The summed E-state index contributed by atoms with van der Waals surface area (Å²) >= 11 is 0. The van der Waals surface area contributed by atoms with Gasteiger partial charge in [-0.25, -0.2) is 0 Å². The number of phenolic OH excluding ortho intramolecular Hbond substituents is 2. The number of nitrogens with zero attached hydrogens (tertiary/aromatic N) is 1. The van der Waals surface area contributed by atoms with E-state index in [9.17, 15) is 10.2 Å². The summed E-state index contributed by atoms with van der Waals surface area (Å²) in [5.41, 5.74) is 1.48. The molecular formula is C13H11NO2. The van der Waals surface area contributed by atoms with Crippen LogP contribution in [0.4, 0.5) is 5.69 Å². The fourth-order valence-electron chi connectivity index (χ4n) is 1.33. The maximum Gasteiger partial charge on any atom is 0.117 e. The van der Waals surface area contributed by atoms with E-state index in [-0.39, 0.29) is 11.5 Å². The third-order valence-corrected chi connectivity index (χ3v) is 2.06. The highest BCUT2D eigenvalue weighted by Crippen LogP contribution is 2.18. The number of aliphatic imine (C=N–C) groups is 1. The topological polar surface area (TPSA) is 52.8 Å². The number of phenols is 2. The molecule has 2 aromatic carbocycles. The minimum absolute atomic E-state index is 0.186. The quantitative estimate of drug-likeness (QED) is 0.753. The van der Waals surface area contributed by atoms with Crippen molar-refractivity contribution >= 4 is 11.9 Å². The van der Waals surface area contributed by atoms with Crippen molar-refractivity contribution < 1.29 is 10.2 Å². The van der Waals surface area contributed by atoms with Crippen molar-refractivity contribution in [2.45, 2.75) is 0 Å². The van der Waals surface area contributed by atoms with E-state index in [1.165, 1.54) is 0 Å². The minimum atomic E-state index is 0.186. The fraction of sp³-hybridized carbons (Fsp3) is 0. The van der Waals surface area contributed by atoms with Crippen LogP contribution in [0.25, 0.3) is 0 Å². The summed E-state index contributed by atoms with van der Waals surface area (Å²) in [5.74, 6) is 0.394. The van der Waals surface area contributed by atoms with E-state index < -0.39 is 0 Å². The lowest BCUT2D eigenvalue weighted by molar-refractivity contribution is 0.474. The first-order valence-corrected chi connectivity index (χ1v) is 4.86. The van der Waals surface area contributed by atoms with Gasteiger partial charge in [0.15, 0.2) is 0 Å². The Hall–Kier alpha value is -2.29. The van der Waals surface area contributed by atoms with Gasteiger partial charge in [0.1, 0.15) is 11.5 Å². The molecule has 0 radical (unpaired) electrons. The summed E-state index contributed by atoms with van der Waals surface area (Å²) in [4.78, 5) is 4.18. The molecule has 0 heterocycles. The van der Waals surface area contributed by atoms with Crippen LogP contribution in [0, 0.1) is 0 Å². The molecule has 2 aromatic rings. The molecule has 0 saturated carbocycles. The van der Waals surface area contributed by atoms with E-state index in [1.807, 2.05) is 6.07 Å². The van der Waals surface area contributed by atoms with Crippen molar-refractivity contribution in [3.8, 4) is 11.5 Å². The smallest absolute Gasteiger partial charge is 0.117 e. The molecule has 0 atom stereocenters. The third kappa shape index (κ3) is 2.60. The number of hydrogen-bond donors (Lipinski definition) is 2. The Morgan fingerprint density at radius 3 is 2.25 bits per heavy atom. The van der Waals surface area contributed by atoms with E-state index in [2.05, 4.69) is 4.99 Å². The Balaban J connectivity index is 2.21. The van der Waals surface area contributed by atoms with Crippen LogP contribution >= 0.6 is 0 Å². The van der Waals surface area contributed by atoms with E-state index >= 15 is 0 Å². The Kier molecular flexibility index (Phi) is 2.87. The molecule has 0 aromatic heterocycles. The zero-order valence-corrected chi connectivity index (χ0v) is 8.54. The number of benzene rings is 2. The molecule has 3 nitrogen and oxygen atoms in total. The number of aromatic hydroxyl groups is 2. The van der Waals surface area contributed by atoms with Gasteiger partial charge in [-0.2, -0.15) is 0 Å². The highest BCUT2D eigenvalue weighted by atomic mass is 16.3. The molecule has 16 heavy (non-hydrogen) atoms. The second-order valence-corrected chi connectivity index (χ2v) is 3.37. The van der Waals surface area contributed by atoms with Gasteiger partial charge in [-0.05, 0) is 29.8 Å². The Morgan fingerprint density at radius 1 is 0.875 bits per heavy atom. The zero-order chi connectivity index (χ0) is 11.4. The molecule has 0 aliphatic heterocycles. The van der Waals surface area contributed by atoms with E-state index in [1.54, 1.807) is 48.7 Å². The van der Waals surface area contributed by atoms with Gasteiger partial charge in [0, 0.05) is 12.3 Å². The normalized spacial score (nSPS) is 10.8. The average Bonchev–Trinajstić information content (AvgIpc) is 2.27. The van der Waals surface area contributed by atoms with Crippen LogP contribution in [0.1, 0.15) is 5.56 Å². The van der Waals surface area contributed by atoms with Gasteiger partial charge < -0.3 is 10.2 Å². The maximum atomic E-state index is 9.25. The summed E-state index contributed by atoms with van der Waals surface area (Å²) in [6, 6.07) is 13.5. The zero-order valence-electron chi connectivity index (χ0n) is 8.54. The molecule has 2 N–H and O–H groups in total. The van der Waals surface area contributed by atoms with Crippen LogP contribution in [0.5, 0.6) is 11.5 Å². The molecule has 0 bridgehead atoms. The lowest BCUT2D eigenvalue weighted by Gasteiger charge is -1.96. The summed E-state index contributed by atoms with van der Waals surface area (Å²) in [6.07, 6.45) is 1.63. The van der Waals surface area contributed by atoms with Gasteiger partial charge in [-0.15, -0.1) is 0 Å². The molecule has 0 saturated heterocycles. The van der Waals surface area contributed by atoms with Gasteiger partial charge in [0.05, 0.1) is 5.69 Å². The van der Waals surface area contributed by atoms with Crippen LogP contribution in [0.3, 0.4) is 0 Å². The largest absolute Gasteiger partial charge is 0.508 e. The third-order valence-electron chi connectivity index (χ3n) is 2.06. The molecule has 0 amide bonds. The van der Waals surface area contributed by atoms with Gasteiger partial charge in [0.25, 0.3) is 0 Å². The summed E-state index contributed by atoms with van der Waals surface area (Å²) in [5, 5.41) is 18.5. The van der Waals surface area contributed by atoms with Crippen LogP contribution in [-0.2, 0) is 0 Å². The second kappa shape index (κ2) is 4.49. The van der Waals surface area contributed by atoms with Crippen molar-refractivity contribution in [2.24, 2.45) is 4.99 Å². The summed E-state index contributed by atoms with van der Waals surface area (Å²) < 4.78 is 0. The highest BCUT2D eigenvalue weighted by molar-refractivity contribution is 5.82. The summed E-state index contributed by atoms with van der Waals surface area (Å²) in [7, 11) is 0. The van der Waals surface area contributed by atoms with Crippen molar-refractivity contribution in [3.05, 3.63) is 54.1 Å². The van der Waals surface area contributed by atoms with Crippen LogP contribution in [0.2, 0.25) is 0 Å². The Labute approximate surface area is 93.3 Å². The molecule has 3 heteroatoms. The fourth-order valence-corrected chi connectivity index (χ4v) is 1.33. The van der Waals surface area contributed by atoms with E-state index in [0.717, 1.165) is 5.56 Å². The Morgan fingerprint density at radius 2 is 1.56 bits per heavy atom. The Bertz CT molecular complexity index is 473. The average molecular weight is 213 g/mol. The van der Waals surface area contributed by atoms with Crippen molar-refractivity contribution in [3.63, 3.8) is 0 Å². The molecule has 80 valence electrons. The SMILES string of the molecule is Oc1cccc(C=Nc2cccc(O)c2)c1. The molecule has 0 fully saturated rings. The van der Waals surface area contributed by atoms with E-state index in [4.69, 9.17) is 0 Å². The number of hydrogen-bond acceptors (Lipinski definition) is 3. The predicted octanol–water partition coefficient (Wildman–Crippen LogP) is 2.85. The monoisotopic (exact) mass is 213 g/mol. The molecule has 0 spiro atoms. The molecule has 2 rings (SSSR count). The molecular weight excluding hydrogens is 202 g/mol.